The minimum atomic E-state index is -0.219. The van der Waals surface area contributed by atoms with Gasteiger partial charge in [0.05, 0.1) is 14.2 Å². The van der Waals surface area contributed by atoms with Gasteiger partial charge in [0, 0.05) is 30.6 Å². The van der Waals surface area contributed by atoms with E-state index in [0.29, 0.717) is 30.0 Å². The highest BCUT2D eigenvalue weighted by atomic mass is 16.5. The lowest BCUT2D eigenvalue weighted by Crippen LogP contribution is -2.38. The van der Waals surface area contributed by atoms with Crippen LogP contribution in [-0.2, 0) is 4.79 Å². The molecule has 1 unspecified atom stereocenters. The second-order valence-corrected chi connectivity index (χ2v) is 4.61. The molecule has 1 fully saturated rings. The quantitative estimate of drug-likeness (QED) is 0.831. The molecule has 1 aliphatic heterocycles. The van der Waals surface area contributed by atoms with Crippen molar-refractivity contribution in [3.63, 3.8) is 0 Å². The van der Waals surface area contributed by atoms with Crippen molar-refractivity contribution >= 4 is 11.8 Å². The van der Waals surface area contributed by atoms with Crippen molar-refractivity contribution in [1.29, 1.82) is 0 Å². The number of carbonyl (C=O) groups excluding carboxylic acids is 2. The second-order valence-electron chi connectivity index (χ2n) is 4.61. The number of methoxy groups -OCH3 is 2. The van der Waals surface area contributed by atoms with E-state index < -0.39 is 0 Å². The van der Waals surface area contributed by atoms with Gasteiger partial charge in [-0.3, -0.25) is 9.59 Å². The van der Waals surface area contributed by atoms with Crippen LogP contribution in [0.3, 0.4) is 0 Å². The predicted molar refractivity (Wildman–Crippen MR) is 73.0 cm³/mol. The Hall–Kier alpha value is -2.24. The molecule has 0 radical (unpaired) electrons. The normalized spacial score (nSPS) is 17.5. The fourth-order valence-corrected chi connectivity index (χ4v) is 2.09. The van der Waals surface area contributed by atoms with E-state index >= 15 is 0 Å². The summed E-state index contributed by atoms with van der Waals surface area (Å²) in [6.45, 7) is 0.421. The number of carbonyl (C=O) groups is 2. The maximum atomic E-state index is 12.1. The topological polar surface area (TPSA) is 76.7 Å². The van der Waals surface area contributed by atoms with Gasteiger partial charge in [-0.25, -0.2) is 0 Å². The molecule has 0 spiro atoms. The highest BCUT2D eigenvalue weighted by Crippen LogP contribution is 2.22. The van der Waals surface area contributed by atoms with Gasteiger partial charge in [0.2, 0.25) is 5.91 Å². The molecular formula is C14H18N2O4. The van der Waals surface area contributed by atoms with Crippen LogP contribution in [0.5, 0.6) is 11.5 Å². The highest BCUT2D eigenvalue weighted by Gasteiger charge is 2.21. The number of rotatable bonds is 5. The zero-order valence-corrected chi connectivity index (χ0v) is 11.6. The van der Waals surface area contributed by atoms with Crippen LogP contribution in [0.15, 0.2) is 18.2 Å². The van der Waals surface area contributed by atoms with E-state index in [9.17, 15) is 9.59 Å². The Morgan fingerprint density at radius 2 is 1.95 bits per heavy atom. The number of benzene rings is 1. The maximum absolute atomic E-state index is 12.1. The van der Waals surface area contributed by atoms with Crippen molar-refractivity contribution in [2.45, 2.75) is 18.9 Å². The SMILES string of the molecule is COc1cc(OC)cc(C(=O)NCC2CCC(=O)N2)c1. The average molecular weight is 278 g/mol. The molecule has 2 rings (SSSR count). The van der Waals surface area contributed by atoms with E-state index in [1.54, 1.807) is 18.2 Å². The smallest absolute Gasteiger partial charge is 0.251 e. The lowest BCUT2D eigenvalue weighted by molar-refractivity contribution is -0.119. The Bertz CT molecular complexity index is 494. The van der Waals surface area contributed by atoms with Gasteiger partial charge in [-0.05, 0) is 18.6 Å². The minimum Gasteiger partial charge on any atom is -0.497 e. The summed E-state index contributed by atoms with van der Waals surface area (Å²) in [5, 5.41) is 5.60. The van der Waals surface area contributed by atoms with Gasteiger partial charge in [0.15, 0.2) is 0 Å². The molecule has 1 aliphatic rings. The largest absolute Gasteiger partial charge is 0.497 e. The summed E-state index contributed by atoms with van der Waals surface area (Å²) in [4.78, 5) is 23.2. The summed E-state index contributed by atoms with van der Waals surface area (Å²) in [5.74, 6) is 0.933. The van der Waals surface area contributed by atoms with Crippen LogP contribution in [0, 0.1) is 0 Å². The monoisotopic (exact) mass is 278 g/mol. The highest BCUT2D eigenvalue weighted by molar-refractivity contribution is 5.95. The van der Waals surface area contributed by atoms with Crippen molar-refractivity contribution in [1.82, 2.24) is 10.6 Å². The molecule has 2 N–H and O–H groups in total. The van der Waals surface area contributed by atoms with Crippen molar-refractivity contribution < 1.29 is 19.1 Å². The van der Waals surface area contributed by atoms with E-state index in [1.807, 2.05) is 0 Å². The molecule has 0 bridgehead atoms. The Kier molecular flexibility index (Phi) is 4.45. The minimum absolute atomic E-state index is 0.0129. The van der Waals surface area contributed by atoms with Gasteiger partial charge in [0.1, 0.15) is 11.5 Å². The first kappa shape index (κ1) is 14.2. The maximum Gasteiger partial charge on any atom is 0.251 e. The standard InChI is InChI=1S/C14H18N2O4/c1-19-11-5-9(6-12(7-11)20-2)14(18)15-8-10-3-4-13(17)16-10/h5-7,10H,3-4,8H2,1-2H3,(H,15,18)(H,16,17). The van der Waals surface area contributed by atoms with Crippen LogP contribution in [0.2, 0.25) is 0 Å². The molecule has 0 saturated carbocycles. The van der Waals surface area contributed by atoms with Crippen molar-refractivity contribution in [3.05, 3.63) is 23.8 Å². The first-order valence-corrected chi connectivity index (χ1v) is 6.43. The lowest BCUT2D eigenvalue weighted by Gasteiger charge is -2.12. The molecule has 6 heteroatoms. The third-order valence-corrected chi connectivity index (χ3v) is 3.21. The summed E-state index contributed by atoms with van der Waals surface area (Å²) < 4.78 is 10.2. The summed E-state index contributed by atoms with van der Waals surface area (Å²) in [5.41, 5.74) is 0.463. The average Bonchev–Trinajstić information content (AvgIpc) is 2.89. The Morgan fingerprint density at radius 1 is 1.30 bits per heavy atom. The third kappa shape index (κ3) is 3.40. The van der Waals surface area contributed by atoms with Crippen molar-refractivity contribution in [3.8, 4) is 11.5 Å². The molecule has 0 aliphatic carbocycles. The molecule has 1 heterocycles. The van der Waals surface area contributed by atoms with E-state index in [4.69, 9.17) is 9.47 Å². The van der Waals surface area contributed by atoms with Crippen LogP contribution in [0.4, 0.5) is 0 Å². The third-order valence-electron chi connectivity index (χ3n) is 3.21. The number of hydrogen-bond acceptors (Lipinski definition) is 4. The molecule has 108 valence electrons. The van der Waals surface area contributed by atoms with Crippen molar-refractivity contribution in [2.24, 2.45) is 0 Å². The van der Waals surface area contributed by atoms with Crippen LogP contribution < -0.4 is 20.1 Å². The van der Waals surface area contributed by atoms with E-state index in [0.717, 1.165) is 6.42 Å². The Labute approximate surface area is 117 Å². The number of amides is 2. The van der Waals surface area contributed by atoms with Crippen LogP contribution in [0.25, 0.3) is 0 Å². The zero-order valence-electron chi connectivity index (χ0n) is 11.6. The van der Waals surface area contributed by atoms with Gasteiger partial charge in [-0.15, -0.1) is 0 Å². The zero-order chi connectivity index (χ0) is 14.5. The summed E-state index contributed by atoms with van der Waals surface area (Å²) >= 11 is 0. The van der Waals surface area contributed by atoms with E-state index in [2.05, 4.69) is 10.6 Å². The van der Waals surface area contributed by atoms with Gasteiger partial charge in [-0.2, -0.15) is 0 Å². The number of nitrogens with one attached hydrogen (secondary N) is 2. The molecule has 1 atom stereocenters. The summed E-state index contributed by atoms with van der Waals surface area (Å²) in [6, 6.07) is 5.00. The molecule has 2 amide bonds. The van der Waals surface area contributed by atoms with Crippen LogP contribution in [-0.4, -0.2) is 38.6 Å². The molecule has 0 aromatic heterocycles. The number of ether oxygens (including phenoxy) is 2. The molecule has 1 aromatic rings. The molecule has 1 aromatic carbocycles. The Balaban J connectivity index is 1.99. The first-order valence-electron chi connectivity index (χ1n) is 6.43. The predicted octanol–water partition coefficient (Wildman–Crippen LogP) is 0.712. The molecule has 1 saturated heterocycles. The fourth-order valence-electron chi connectivity index (χ4n) is 2.09. The van der Waals surface area contributed by atoms with E-state index in [1.165, 1.54) is 14.2 Å². The summed E-state index contributed by atoms with van der Waals surface area (Å²) in [7, 11) is 3.06. The molecule has 6 nitrogen and oxygen atoms in total. The molecule has 20 heavy (non-hydrogen) atoms. The van der Waals surface area contributed by atoms with Gasteiger partial charge < -0.3 is 20.1 Å². The van der Waals surface area contributed by atoms with Crippen LogP contribution >= 0.6 is 0 Å². The van der Waals surface area contributed by atoms with Gasteiger partial charge in [0.25, 0.3) is 5.91 Å². The number of hydrogen-bond donors (Lipinski definition) is 2. The van der Waals surface area contributed by atoms with Crippen LogP contribution in [0.1, 0.15) is 23.2 Å². The molecular weight excluding hydrogens is 260 g/mol. The summed E-state index contributed by atoms with van der Waals surface area (Å²) in [6.07, 6.45) is 1.27. The Morgan fingerprint density at radius 3 is 2.45 bits per heavy atom. The van der Waals surface area contributed by atoms with E-state index in [-0.39, 0.29) is 17.9 Å². The van der Waals surface area contributed by atoms with Gasteiger partial charge >= 0.3 is 0 Å². The lowest BCUT2D eigenvalue weighted by atomic mass is 10.1. The first-order chi connectivity index (χ1) is 9.62. The van der Waals surface area contributed by atoms with Crippen molar-refractivity contribution in [2.75, 3.05) is 20.8 Å². The fraction of sp³-hybridized carbons (Fsp3) is 0.429. The van der Waals surface area contributed by atoms with Gasteiger partial charge in [-0.1, -0.05) is 0 Å². The second kappa shape index (κ2) is 6.27.